The number of pyridine rings is 1. The number of nitrogens with one attached hydrogen (secondary N) is 1. The highest BCUT2D eigenvalue weighted by molar-refractivity contribution is 7.90. The van der Waals surface area contributed by atoms with Crippen molar-refractivity contribution in [3.05, 3.63) is 24.0 Å². The Labute approximate surface area is 93.9 Å². The van der Waals surface area contributed by atoms with Gasteiger partial charge >= 0.3 is 6.03 Å². The van der Waals surface area contributed by atoms with Gasteiger partial charge in [-0.3, -0.25) is 4.98 Å². The highest BCUT2D eigenvalue weighted by Gasteiger charge is 2.16. The van der Waals surface area contributed by atoms with Crippen molar-refractivity contribution in [1.82, 2.24) is 9.71 Å². The summed E-state index contributed by atoms with van der Waals surface area (Å²) in [6, 6.07) is 1.86. The van der Waals surface area contributed by atoms with E-state index in [2.05, 4.69) is 4.98 Å². The number of nitrogens with zero attached hydrogens (tertiary/aromatic N) is 1. The van der Waals surface area contributed by atoms with E-state index in [1.807, 2.05) is 13.8 Å². The first-order valence-corrected chi connectivity index (χ1v) is 6.09. The number of amides is 2. The number of sulfonamides is 1. The monoisotopic (exact) mass is 243 g/mol. The van der Waals surface area contributed by atoms with Gasteiger partial charge in [-0.15, -0.1) is 0 Å². The van der Waals surface area contributed by atoms with E-state index in [0.717, 1.165) is 5.69 Å². The predicted molar refractivity (Wildman–Crippen MR) is 58.2 cm³/mol. The zero-order chi connectivity index (χ0) is 12.3. The van der Waals surface area contributed by atoms with Crippen LogP contribution < -0.4 is 10.5 Å². The average molecular weight is 243 g/mol. The zero-order valence-electron chi connectivity index (χ0n) is 8.97. The third-order valence-electron chi connectivity index (χ3n) is 1.90. The van der Waals surface area contributed by atoms with Crippen molar-refractivity contribution in [2.24, 2.45) is 5.73 Å². The molecule has 0 atom stereocenters. The predicted octanol–water partition coefficient (Wildman–Crippen LogP) is 0.562. The van der Waals surface area contributed by atoms with Crippen LogP contribution >= 0.6 is 0 Å². The highest BCUT2D eigenvalue weighted by atomic mass is 32.2. The molecular formula is C9H13N3O3S. The number of urea groups is 1. The molecule has 2 amide bonds. The Morgan fingerprint density at radius 2 is 2.06 bits per heavy atom. The van der Waals surface area contributed by atoms with Crippen LogP contribution in [0.3, 0.4) is 0 Å². The summed E-state index contributed by atoms with van der Waals surface area (Å²) in [7, 11) is -3.89. The smallest absolute Gasteiger partial charge is 0.326 e. The molecule has 0 saturated carbocycles. The molecule has 1 aromatic rings. The van der Waals surface area contributed by atoms with Crippen LogP contribution in [0.25, 0.3) is 0 Å². The summed E-state index contributed by atoms with van der Waals surface area (Å²) in [5, 5.41) is 0. The molecule has 0 aliphatic heterocycles. The minimum atomic E-state index is -3.89. The molecule has 16 heavy (non-hydrogen) atoms. The van der Waals surface area contributed by atoms with Crippen LogP contribution in [0.5, 0.6) is 0 Å². The lowest BCUT2D eigenvalue weighted by molar-refractivity contribution is 0.253. The molecule has 1 aromatic heterocycles. The second-order valence-electron chi connectivity index (χ2n) is 3.54. The van der Waals surface area contributed by atoms with Crippen LogP contribution in [0.2, 0.25) is 0 Å². The third-order valence-corrected chi connectivity index (χ3v) is 3.23. The summed E-state index contributed by atoms with van der Waals surface area (Å²) >= 11 is 0. The van der Waals surface area contributed by atoms with Gasteiger partial charge in [-0.1, -0.05) is 13.8 Å². The molecule has 0 aromatic carbocycles. The number of hydrogen-bond acceptors (Lipinski definition) is 4. The fraction of sp³-hybridized carbons (Fsp3) is 0.333. The second-order valence-corrected chi connectivity index (χ2v) is 5.23. The summed E-state index contributed by atoms with van der Waals surface area (Å²) in [5.41, 5.74) is 5.52. The molecule has 0 spiro atoms. The summed E-state index contributed by atoms with van der Waals surface area (Å²) in [4.78, 5) is 14.4. The first-order valence-electron chi connectivity index (χ1n) is 4.61. The van der Waals surface area contributed by atoms with Crippen molar-refractivity contribution >= 4 is 16.1 Å². The van der Waals surface area contributed by atoms with E-state index in [4.69, 9.17) is 5.73 Å². The van der Waals surface area contributed by atoms with Crippen molar-refractivity contribution in [2.75, 3.05) is 0 Å². The van der Waals surface area contributed by atoms with Crippen LogP contribution in [0.4, 0.5) is 4.79 Å². The molecule has 0 saturated heterocycles. The van der Waals surface area contributed by atoms with E-state index in [9.17, 15) is 13.2 Å². The number of nitrogens with two attached hydrogens (primary N) is 1. The standard InChI is InChI=1S/C9H13N3O3S/c1-6(2)8-4-3-7(5-11-8)16(14,15)12-9(10)13/h3-6H,1-2H3,(H3,10,12,13). The molecule has 0 bridgehead atoms. The van der Waals surface area contributed by atoms with Crippen molar-refractivity contribution < 1.29 is 13.2 Å². The maximum atomic E-state index is 11.5. The molecule has 1 heterocycles. The molecule has 3 N–H and O–H groups in total. The average Bonchev–Trinajstić information content (AvgIpc) is 2.16. The topological polar surface area (TPSA) is 102 Å². The minimum absolute atomic E-state index is 0.0873. The quantitative estimate of drug-likeness (QED) is 0.809. The van der Waals surface area contributed by atoms with Gasteiger partial charge in [0.2, 0.25) is 0 Å². The maximum absolute atomic E-state index is 11.5. The summed E-state index contributed by atoms with van der Waals surface area (Å²) in [6.45, 7) is 3.89. The fourth-order valence-corrected chi connectivity index (χ4v) is 1.90. The van der Waals surface area contributed by atoms with E-state index in [1.165, 1.54) is 12.3 Å². The molecule has 0 fully saturated rings. The fourth-order valence-electron chi connectivity index (χ4n) is 1.08. The molecule has 88 valence electrons. The molecule has 0 radical (unpaired) electrons. The Balaban J connectivity index is 3.02. The van der Waals surface area contributed by atoms with Gasteiger partial charge in [-0.25, -0.2) is 17.9 Å². The van der Waals surface area contributed by atoms with Crippen molar-refractivity contribution in [3.63, 3.8) is 0 Å². The van der Waals surface area contributed by atoms with E-state index < -0.39 is 16.1 Å². The molecule has 7 heteroatoms. The van der Waals surface area contributed by atoms with E-state index in [0.29, 0.717) is 0 Å². The van der Waals surface area contributed by atoms with E-state index >= 15 is 0 Å². The Morgan fingerprint density at radius 3 is 2.44 bits per heavy atom. The molecule has 0 unspecified atom stereocenters. The summed E-state index contributed by atoms with van der Waals surface area (Å²) in [5.74, 6) is 0.209. The van der Waals surface area contributed by atoms with Crippen molar-refractivity contribution in [1.29, 1.82) is 0 Å². The number of carbonyl (C=O) groups excluding carboxylic acids is 1. The van der Waals surface area contributed by atoms with Gasteiger partial charge in [0, 0.05) is 11.9 Å². The third kappa shape index (κ3) is 2.93. The molecule has 0 aliphatic rings. The van der Waals surface area contributed by atoms with Crippen molar-refractivity contribution in [2.45, 2.75) is 24.7 Å². The first-order chi connectivity index (χ1) is 7.33. The van der Waals surface area contributed by atoms with Crippen LogP contribution in [0.1, 0.15) is 25.5 Å². The summed E-state index contributed by atoms with van der Waals surface area (Å²) < 4.78 is 24.6. The van der Waals surface area contributed by atoms with Crippen LogP contribution in [-0.2, 0) is 10.0 Å². The number of primary amides is 1. The zero-order valence-corrected chi connectivity index (χ0v) is 9.78. The van der Waals surface area contributed by atoms with Crippen LogP contribution in [-0.4, -0.2) is 19.4 Å². The highest BCUT2D eigenvalue weighted by Crippen LogP contribution is 2.13. The van der Waals surface area contributed by atoms with E-state index in [1.54, 1.807) is 10.8 Å². The molecule has 6 nitrogen and oxygen atoms in total. The largest absolute Gasteiger partial charge is 0.351 e. The lowest BCUT2D eigenvalue weighted by atomic mass is 10.1. The Bertz CT molecular complexity index is 479. The summed E-state index contributed by atoms with van der Waals surface area (Å²) in [6.07, 6.45) is 1.20. The van der Waals surface area contributed by atoms with Gasteiger partial charge in [0.15, 0.2) is 0 Å². The molecule has 0 aliphatic carbocycles. The minimum Gasteiger partial charge on any atom is -0.351 e. The number of aromatic nitrogens is 1. The lowest BCUT2D eigenvalue weighted by Gasteiger charge is -2.06. The number of carbonyl (C=O) groups is 1. The van der Waals surface area contributed by atoms with Gasteiger partial charge in [0.05, 0.1) is 0 Å². The first kappa shape index (κ1) is 12.4. The van der Waals surface area contributed by atoms with Gasteiger partial charge in [-0.05, 0) is 18.1 Å². The maximum Gasteiger partial charge on any atom is 0.326 e. The number of hydrogen-bond donors (Lipinski definition) is 2. The molecule has 1 rings (SSSR count). The van der Waals surface area contributed by atoms with Gasteiger partial charge in [-0.2, -0.15) is 0 Å². The second kappa shape index (κ2) is 4.48. The van der Waals surface area contributed by atoms with Gasteiger partial charge in [0.25, 0.3) is 10.0 Å². The Hall–Kier alpha value is -1.63. The van der Waals surface area contributed by atoms with Gasteiger partial charge < -0.3 is 5.73 Å². The molecular weight excluding hydrogens is 230 g/mol. The Kier molecular flexibility index (Phi) is 3.48. The normalized spacial score (nSPS) is 11.4. The SMILES string of the molecule is CC(C)c1ccc(S(=O)(=O)NC(N)=O)cn1. The number of rotatable bonds is 3. The van der Waals surface area contributed by atoms with E-state index in [-0.39, 0.29) is 10.8 Å². The Morgan fingerprint density at radius 1 is 1.44 bits per heavy atom. The van der Waals surface area contributed by atoms with Gasteiger partial charge in [0.1, 0.15) is 4.90 Å². The van der Waals surface area contributed by atoms with Crippen molar-refractivity contribution in [3.8, 4) is 0 Å². The lowest BCUT2D eigenvalue weighted by Crippen LogP contribution is -2.35. The van der Waals surface area contributed by atoms with Crippen LogP contribution in [0.15, 0.2) is 23.2 Å². The van der Waals surface area contributed by atoms with Crippen LogP contribution in [0, 0.1) is 0 Å².